The number of nitrogens with zero attached hydrogens (tertiary/aromatic N) is 1. The SMILES string of the molecule is CCOc1ccc(C(=O)CCC(=O)N(C)Cc2ccccc2)cc1. The van der Waals surface area contributed by atoms with E-state index in [4.69, 9.17) is 4.74 Å². The van der Waals surface area contributed by atoms with Crippen molar-refractivity contribution in [3.8, 4) is 5.75 Å². The van der Waals surface area contributed by atoms with Gasteiger partial charge in [-0.1, -0.05) is 30.3 Å². The summed E-state index contributed by atoms with van der Waals surface area (Å²) in [6.45, 7) is 3.06. The molecule has 0 spiro atoms. The molecule has 0 aliphatic heterocycles. The second-order valence-corrected chi connectivity index (χ2v) is 5.62. The third-order valence-electron chi connectivity index (χ3n) is 3.74. The van der Waals surface area contributed by atoms with E-state index in [1.54, 1.807) is 36.2 Å². The van der Waals surface area contributed by atoms with Gasteiger partial charge in [0.15, 0.2) is 5.78 Å². The molecule has 2 aromatic rings. The van der Waals surface area contributed by atoms with Gasteiger partial charge in [0, 0.05) is 32.0 Å². The van der Waals surface area contributed by atoms with Crippen LogP contribution in [0.1, 0.15) is 35.7 Å². The zero-order valence-electron chi connectivity index (χ0n) is 14.2. The molecule has 0 N–H and O–H groups in total. The third kappa shape index (κ3) is 5.23. The summed E-state index contributed by atoms with van der Waals surface area (Å²) in [6, 6.07) is 16.8. The van der Waals surface area contributed by atoms with Crippen LogP contribution in [0.4, 0.5) is 0 Å². The van der Waals surface area contributed by atoms with Crippen LogP contribution < -0.4 is 4.74 Å². The second kappa shape index (κ2) is 8.87. The molecule has 0 unspecified atom stereocenters. The maximum atomic E-state index is 12.2. The quantitative estimate of drug-likeness (QED) is 0.695. The summed E-state index contributed by atoms with van der Waals surface area (Å²) < 4.78 is 5.35. The molecular weight excluding hydrogens is 302 g/mol. The van der Waals surface area contributed by atoms with Crippen LogP contribution in [-0.2, 0) is 11.3 Å². The van der Waals surface area contributed by atoms with E-state index in [-0.39, 0.29) is 24.5 Å². The average Bonchev–Trinajstić information content (AvgIpc) is 2.61. The summed E-state index contributed by atoms with van der Waals surface area (Å²) in [6.07, 6.45) is 0.432. The predicted octanol–water partition coefficient (Wildman–Crippen LogP) is 3.71. The lowest BCUT2D eigenvalue weighted by molar-refractivity contribution is -0.130. The van der Waals surface area contributed by atoms with Crippen LogP contribution in [0.25, 0.3) is 0 Å². The first kappa shape index (κ1) is 17.7. The van der Waals surface area contributed by atoms with Crippen LogP contribution >= 0.6 is 0 Å². The van der Waals surface area contributed by atoms with Crippen molar-refractivity contribution in [2.75, 3.05) is 13.7 Å². The summed E-state index contributed by atoms with van der Waals surface area (Å²) in [5.41, 5.74) is 1.68. The highest BCUT2D eigenvalue weighted by Gasteiger charge is 2.13. The molecular formula is C20H23NO3. The van der Waals surface area contributed by atoms with Crippen LogP contribution in [0, 0.1) is 0 Å². The summed E-state index contributed by atoms with van der Waals surface area (Å²) in [7, 11) is 1.76. The topological polar surface area (TPSA) is 46.6 Å². The van der Waals surface area contributed by atoms with Gasteiger partial charge in [-0.25, -0.2) is 0 Å². The molecule has 0 saturated carbocycles. The first-order chi connectivity index (χ1) is 11.6. The number of ketones is 1. The molecule has 0 bridgehead atoms. The van der Waals surface area contributed by atoms with E-state index in [0.29, 0.717) is 18.7 Å². The number of benzene rings is 2. The third-order valence-corrected chi connectivity index (χ3v) is 3.74. The molecule has 0 heterocycles. The van der Waals surface area contributed by atoms with E-state index in [0.717, 1.165) is 11.3 Å². The van der Waals surface area contributed by atoms with E-state index in [1.807, 2.05) is 37.3 Å². The number of Topliss-reactive ketones (excluding diaryl/α,β-unsaturated/α-hetero) is 1. The second-order valence-electron chi connectivity index (χ2n) is 5.62. The van der Waals surface area contributed by atoms with E-state index >= 15 is 0 Å². The van der Waals surface area contributed by atoms with Gasteiger partial charge in [0.25, 0.3) is 0 Å². The molecule has 126 valence electrons. The number of carbonyl (C=O) groups is 2. The predicted molar refractivity (Wildman–Crippen MR) is 94.1 cm³/mol. The van der Waals surface area contributed by atoms with Gasteiger partial charge in [-0.15, -0.1) is 0 Å². The number of hydrogen-bond acceptors (Lipinski definition) is 3. The number of hydrogen-bond donors (Lipinski definition) is 0. The fraction of sp³-hybridized carbons (Fsp3) is 0.300. The van der Waals surface area contributed by atoms with E-state index in [2.05, 4.69) is 0 Å². The highest BCUT2D eigenvalue weighted by molar-refractivity contribution is 5.98. The average molecular weight is 325 g/mol. The van der Waals surface area contributed by atoms with Crippen LogP contribution in [-0.4, -0.2) is 30.2 Å². The van der Waals surface area contributed by atoms with Gasteiger partial charge in [-0.2, -0.15) is 0 Å². The van der Waals surface area contributed by atoms with E-state index in [9.17, 15) is 9.59 Å². The van der Waals surface area contributed by atoms with Crippen molar-refractivity contribution in [2.24, 2.45) is 0 Å². The van der Waals surface area contributed by atoms with E-state index < -0.39 is 0 Å². The zero-order chi connectivity index (χ0) is 17.4. The molecule has 0 radical (unpaired) electrons. The molecule has 2 aromatic carbocycles. The maximum absolute atomic E-state index is 12.2. The Labute approximate surface area is 143 Å². The Bertz CT molecular complexity index is 665. The molecule has 1 amide bonds. The monoisotopic (exact) mass is 325 g/mol. The van der Waals surface area contributed by atoms with E-state index in [1.165, 1.54) is 0 Å². The fourth-order valence-corrected chi connectivity index (χ4v) is 2.40. The van der Waals surface area contributed by atoms with Gasteiger partial charge >= 0.3 is 0 Å². The van der Waals surface area contributed by atoms with Gasteiger partial charge < -0.3 is 9.64 Å². The summed E-state index contributed by atoms with van der Waals surface area (Å²) in [5, 5.41) is 0. The van der Waals surface area contributed by atoms with Crippen molar-refractivity contribution < 1.29 is 14.3 Å². The van der Waals surface area contributed by atoms with Gasteiger partial charge in [0.2, 0.25) is 5.91 Å². The summed E-state index contributed by atoms with van der Waals surface area (Å²) in [5.74, 6) is 0.686. The van der Waals surface area contributed by atoms with Crippen molar-refractivity contribution in [3.05, 3.63) is 65.7 Å². The van der Waals surface area contributed by atoms with Gasteiger partial charge in [-0.3, -0.25) is 9.59 Å². The standard InChI is InChI=1S/C20H23NO3/c1-3-24-18-11-9-17(10-12-18)19(22)13-14-20(23)21(2)15-16-7-5-4-6-8-16/h4-12H,3,13-15H2,1-2H3. The smallest absolute Gasteiger partial charge is 0.223 e. The number of carbonyl (C=O) groups excluding carboxylic acids is 2. The lowest BCUT2D eigenvalue weighted by Gasteiger charge is -2.17. The zero-order valence-corrected chi connectivity index (χ0v) is 14.2. The Balaban J connectivity index is 1.83. The van der Waals surface area contributed by atoms with Crippen LogP contribution in [0.3, 0.4) is 0 Å². The minimum atomic E-state index is -0.0295. The molecule has 0 saturated heterocycles. The molecule has 0 aromatic heterocycles. The van der Waals surface area contributed by atoms with Crippen molar-refractivity contribution in [1.29, 1.82) is 0 Å². The Kier molecular flexibility index (Phi) is 6.55. The molecule has 0 atom stereocenters. The summed E-state index contributed by atoms with van der Waals surface area (Å²) >= 11 is 0. The van der Waals surface area contributed by atoms with Crippen molar-refractivity contribution in [2.45, 2.75) is 26.3 Å². The summed E-state index contributed by atoms with van der Waals surface area (Å²) in [4.78, 5) is 26.0. The normalized spacial score (nSPS) is 10.2. The molecule has 0 aliphatic carbocycles. The Morgan fingerprint density at radius 3 is 2.25 bits per heavy atom. The molecule has 4 heteroatoms. The van der Waals surface area contributed by atoms with Crippen molar-refractivity contribution >= 4 is 11.7 Å². The molecule has 4 nitrogen and oxygen atoms in total. The highest BCUT2D eigenvalue weighted by atomic mass is 16.5. The largest absolute Gasteiger partial charge is 0.494 e. The fourth-order valence-electron chi connectivity index (χ4n) is 2.40. The maximum Gasteiger partial charge on any atom is 0.223 e. The van der Waals surface area contributed by atoms with Crippen molar-refractivity contribution in [1.82, 2.24) is 4.90 Å². The number of ether oxygens (including phenoxy) is 1. The van der Waals surface area contributed by atoms with Gasteiger partial charge in [0.1, 0.15) is 5.75 Å². The number of amides is 1. The Morgan fingerprint density at radius 2 is 1.62 bits per heavy atom. The number of rotatable bonds is 8. The Morgan fingerprint density at radius 1 is 0.958 bits per heavy atom. The van der Waals surface area contributed by atoms with Crippen molar-refractivity contribution in [3.63, 3.8) is 0 Å². The van der Waals surface area contributed by atoms with Gasteiger partial charge in [-0.05, 0) is 36.8 Å². The molecule has 0 aliphatic rings. The molecule has 2 rings (SSSR count). The minimum absolute atomic E-state index is 0.0282. The van der Waals surface area contributed by atoms with Crippen LogP contribution in [0.15, 0.2) is 54.6 Å². The van der Waals surface area contributed by atoms with Gasteiger partial charge in [0.05, 0.1) is 6.61 Å². The molecule has 0 fully saturated rings. The first-order valence-electron chi connectivity index (χ1n) is 8.14. The highest BCUT2D eigenvalue weighted by Crippen LogP contribution is 2.14. The lowest BCUT2D eigenvalue weighted by Crippen LogP contribution is -2.26. The van der Waals surface area contributed by atoms with Crippen LogP contribution in [0.2, 0.25) is 0 Å². The first-order valence-corrected chi connectivity index (χ1v) is 8.14. The minimum Gasteiger partial charge on any atom is -0.494 e. The Hall–Kier alpha value is -2.62. The lowest BCUT2D eigenvalue weighted by atomic mass is 10.1. The van der Waals surface area contributed by atoms with Crippen LogP contribution in [0.5, 0.6) is 5.75 Å². The molecule has 24 heavy (non-hydrogen) atoms.